The van der Waals surface area contributed by atoms with Crippen LogP contribution in [0.1, 0.15) is 23.6 Å². The van der Waals surface area contributed by atoms with Crippen LogP contribution in [0.4, 0.5) is 0 Å². The van der Waals surface area contributed by atoms with Crippen molar-refractivity contribution < 1.29 is 20.1 Å². The van der Waals surface area contributed by atoms with Crippen molar-refractivity contribution in [1.82, 2.24) is 0 Å². The van der Waals surface area contributed by atoms with E-state index in [-0.39, 0.29) is 40.9 Å². The van der Waals surface area contributed by atoms with E-state index in [0.29, 0.717) is 23.5 Å². The van der Waals surface area contributed by atoms with Gasteiger partial charge in [-0.1, -0.05) is 6.07 Å². The summed E-state index contributed by atoms with van der Waals surface area (Å²) in [6.45, 7) is 0. The molecule has 2 aromatic carbocycles. The van der Waals surface area contributed by atoms with Gasteiger partial charge >= 0.3 is 0 Å². The summed E-state index contributed by atoms with van der Waals surface area (Å²) >= 11 is 1.41. The number of methoxy groups -OCH3 is 2. The summed E-state index contributed by atoms with van der Waals surface area (Å²) in [4.78, 5) is 13.1. The van der Waals surface area contributed by atoms with Crippen molar-refractivity contribution in [3.63, 3.8) is 0 Å². The highest BCUT2D eigenvalue weighted by atomic mass is 35.5. The molecule has 0 saturated heterocycles. The van der Waals surface area contributed by atoms with Gasteiger partial charge in [0.25, 0.3) is 0 Å². The molecule has 0 aromatic heterocycles. The second kappa shape index (κ2) is 9.32. The number of nitrogens with two attached hydrogens (primary N) is 1. The number of benzene rings is 1. The second-order valence-electron chi connectivity index (χ2n) is 5.92. The van der Waals surface area contributed by atoms with Crippen LogP contribution in [-0.4, -0.2) is 31.1 Å². The Balaban J connectivity index is 0.00000182. The van der Waals surface area contributed by atoms with E-state index in [0.717, 1.165) is 22.3 Å². The lowest BCUT2D eigenvalue weighted by molar-refractivity contribution is 0.333. The van der Waals surface area contributed by atoms with E-state index in [1.165, 1.54) is 26.0 Å². The summed E-state index contributed by atoms with van der Waals surface area (Å²) in [5.41, 5.74) is 9.69. The number of phenolic OH excluding ortho intramolecular Hbond substituents is 1. The minimum Gasteiger partial charge on any atom is -0.504 e. The van der Waals surface area contributed by atoms with Crippen LogP contribution < -0.4 is 20.6 Å². The molecule has 8 heteroatoms. The number of thioether (sulfide) groups is 1. The Kier molecular flexibility index (Phi) is 7.98. The fraction of sp³-hybridized carbons (Fsp3) is 0.316. The number of rotatable bonds is 3. The lowest BCUT2D eigenvalue weighted by Gasteiger charge is -2.17. The Labute approximate surface area is 168 Å². The highest BCUT2D eigenvalue weighted by molar-refractivity contribution is 7.98. The fourth-order valence-corrected chi connectivity index (χ4v) is 3.82. The molecule has 0 aliphatic heterocycles. The summed E-state index contributed by atoms with van der Waals surface area (Å²) < 4.78 is 10.9. The molecule has 0 amide bonds. The molecule has 0 saturated carbocycles. The Morgan fingerprint density at radius 1 is 1.19 bits per heavy atom. The van der Waals surface area contributed by atoms with Crippen LogP contribution in [0.25, 0.3) is 11.1 Å². The first kappa shape index (κ1) is 23.1. The maximum Gasteiger partial charge on any atom is 0.203 e. The zero-order valence-electron chi connectivity index (χ0n) is 15.4. The maximum atomic E-state index is 12.5. The summed E-state index contributed by atoms with van der Waals surface area (Å²) in [5.74, 6) is 0.767. The number of halogens is 1. The van der Waals surface area contributed by atoms with Gasteiger partial charge in [-0.15, -0.1) is 24.2 Å². The third kappa shape index (κ3) is 4.01. The highest BCUT2D eigenvalue weighted by Crippen LogP contribution is 2.49. The Hall–Kier alpha value is -1.93. The molecule has 0 unspecified atom stereocenters. The first-order valence-corrected chi connectivity index (χ1v) is 9.19. The van der Waals surface area contributed by atoms with Gasteiger partial charge in [-0.05, 0) is 54.0 Å². The zero-order chi connectivity index (χ0) is 18.1. The first-order valence-electron chi connectivity index (χ1n) is 7.96. The normalized spacial score (nSPS) is 14.6. The van der Waals surface area contributed by atoms with Crippen LogP contribution in [0, 0.1) is 0 Å². The largest absolute Gasteiger partial charge is 0.504 e. The number of hydrogen-bond acceptors (Lipinski definition) is 6. The lowest BCUT2D eigenvalue weighted by Crippen LogP contribution is -2.12. The van der Waals surface area contributed by atoms with Gasteiger partial charge in [0.05, 0.1) is 19.1 Å². The van der Waals surface area contributed by atoms with Gasteiger partial charge in [0.2, 0.25) is 5.75 Å². The molecule has 148 valence electrons. The Morgan fingerprint density at radius 2 is 1.85 bits per heavy atom. The lowest BCUT2D eigenvalue weighted by atomic mass is 9.95. The molecule has 1 atom stereocenters. The van der Waals surface area contributed by atoms with Gasteiger partial charge < -0.3 is 25.8 Å². The number of phenols is 1. The van der Waals surface area contributed by atoms with E-state index in [4.69, 9.17) is 15.2 Å². The van der Waals surface area contributed by atoms with Gasteiger partial charge in [-0.25, -0.2) is 0 Å². The minimum atomic E-state index is -0.268. The number of fused-ring (bicyclic) bond motifs is 3. The fourth-order valence-electron chi connectivity index (χ4n) is 3.36. The van der Waals surface area contributed by atoms with Crippen LogP contribution in [0.3, 0.4) is 0 Å². The zero-order valence-corrected chi connectivity index (χ0v) is 17.0. The van der Waals surface area contributed by atoms with Gasteiger partial charge in [0.1, 0.15) is 0 Å². The molecule has 1 aliphatic carbocycles. The molecular formula is C19H24ClNO5S. The molecule has 0 bridgehead atoms. The van der Waals surface area contributed by atoms with E-state index < -0.39 is 0 Å². The van der Waals surface area contributed by atoms with Crippen LogP contribution in [-0.2, 0) is 6.42 Å². The number of aryl methyl sites for hydroxylation is 1. The smallest absolute Gasteiger partial charge is 0.203 e. The van der Waals surface area contributed by atoms with Crippen LogP contribution >= 0.6 is 24.2 Å². The topological polar surface area (TPSA) is 113 Å². The minimum absolute atomic E-state index is 0. The van der Waals surface area contributed by atoms with Crippen molar-refractivity contribution in [1.29, 1.82) is 0 Å². The third-order valence-corrected chi connectivity index (χ3v) is 5.34. The van der Waals surface area contributed by atoms with Crippen molar-refractivity contribution in [2.45, 2.75) is 23.8 Å². The van der Waals surface area contributed by atoms with E-state index >= 15 is 0 Å². The van der Waals surface area contributed by atoms with Crippen molar-refractivity contribution >= 4 is 24.2 Å². The molecule has 0 radical (unpaired) electrons. The molecule has 2 aromatic rings. The molecule has 6 nitrogen and oxygen atoms in total. The van der Waals surface area contributed by atoms with Gasteiger partial charge in [-0.3, -0.25) is 4.79 Å². The highest BCUT2D eigenvalue weighted by Gasteiger charge is 2.27. The monoisotopic (exact) mass is 413 g/mol. The van der Waals surface area contributed by atoms with Gasteiger partial charge in [0, 0.05) is 11.6 Å². The maximum absolute atomic E-state index is 12.5. The van der Waals surface area contributed by atoms with Crippen molar-refractivity contribution in [2.24, 2.45) is 5.73 Å². The molecule has 27 heavy (non-hydrogen) atoms. The SMILES string of the molecule is COc1c(O)cc2c(c1OC)-c1ccc(SC)c(=O)cc1[C@@H](N)CC2.Cl.O. The van der Waals surface area contributed by atoms with Crippen LogP contribution in [0.2, 0.25) is 0 Å². The van der Waals surface area contributed by atoms with Crippen molar-refractivity contribution in [3.05, 3.63) is 45.6 Å². The van der Waals surface area contributed by atoms with Gasteiger partial charge in [-0.2, -0.15) is 0 Å². The van der Waals surface area contributed by atoms with E-state index in [9.17, 15) is 9.90 Å². The summed E-state index contributed by atoms with van der Waals surface area (Å²) in [6, 6.07) is 6.77. The standard InChI is InChI=1S/C19H21NO4S.ClH.H2O/c1-23-18-15(22)8-10-4-6-13(20)12-9-14(21)16(25-3)7-5-11(12)17(10)19(18)24-2;;/h5,7-9,13,22H,4,6,20H2,1-3H3;1H;1H2/t13-;;/m0../s1. The van der Waals surface area contributed by atoms with Crippen molar-refractivity contribution in [2.75, 3.05) is 20.5 Å². The van der Waals surface area contributed by atoms with Crippen LogP contribution in [0.5, 0.6) is 17.2 Å². The molecule has 3 rings (SSSR count). The van der Waals surface area contributed by atoms with Crippen molar-refractivity contribution in [3.8, 4) is 28.4 Å². The average molecular weight is 414 g/mol. The summed E-state index contributed by atoms with van der Waals surface area (Å²) in [7, 11) is 3.03. The molecule has 0 fully saturated rings. The number of ether oxygens (including phenoxy) is 2. The molecular weight excluding hydrogens is 390 g/mol. The average Bonchev–Trinajstić information content (AvgIpc) is 2.84. The van der Waals surface area contributed by atoms with E-state index in [2.05, 4.69) is 0 Å². The summed E-state index contributed by atoms with van der Waals surface area (Å²) in [6.07, 6.45) is 3.22. The number of aromatic hydroxyl groups is 1. The van der Waals surface area contributed by atoms with Crippen LogP contribution in [0.15, 0.2) is 34.0 Å². The predicted molar refractivity (Wildman–Crippen MR) is 111 cm³/mol. The quantitative estimate of drug-likeness (QED) is 0.748. The molecule has 1 aliphatic rings. The third-order valence-electron chi connectivity index (χ3n) is 4.56. The summed E-state index contributed by atoms with van der Waals surface area (Å²) in [5, 5.41) is 10.3. The first-order chi connectivity index (χ1) is 12.0. The van der Waals surface area contributed by atoms with E-state index in [1.807, 2.05) is 18.4 Å². The second-order valence-corrected chi connectivity index (χ2v) is 6.77. The Morgan fingerprint density at radius 3 is 2.44 bits per heavy atom. The molecule has 0 heterocycles. The molecule has 0 spiro atoms. The Bertz CT molecular complexity index is 891. The van der Waals surface area contributed by atoms with E-state index in [1.54, 1.807) is 12.1 Å². The molecule has 5 N–H and O–H groups in total. The number of hydrogen-bond donors (Lipinski definition) is 2. The van der Waals surface area contributed by atoms with Gasteiger partial charge in [0.15, 0.2) is 16.9 Å². The predicted octanol–water partition coefficient (Wildman–Crippen LogP) is 2.70.